The fraction of sp³-hybridized carbons (Fsp3) is 0.381. The van der Waals surface area contributed by atoms with Crippen molar-refractivity contribution < 1.29 is 27.8 Å². The van der Waals surface area contributed by atoms with Crippen molar-refractivity contribution in [2.75, 3.05) is 6.61 Å². The zero-order chi connectivity index (χ0) is 22.9. The third-order valence-corrected chi connectivity index (χ3v) is 6.40. The molecule has 32 heavy (non-hydrogen) atoms. The molecule has 3 fully saturated rings. The molecule has 2 amide bonds. The minimum atomic E-state index is -2.96. The number of carbonyl (C=O) groups excluding carboxylic acids is 2. The van der Waals surface area contributed by atoms with Crippen molar-refractivity contribution in [2.45, 2.75) is 37.5 Å². The van der Waals surface area contributed by atoms with Crippen molar-refractivity contribution in [3.05, 3.63) is 52.3 Å². The maximum Gasteiger partial charge on any atom is 0.387 e. The topological polar surface area (TPSA) is 89.6 Å². The van der Waals surface area contributed by atoms with Gasteiger partial charge in [-0.05, 0) is 49.4 Å². The molecule has 0 unspecified atom stereocenters. The number of benzene rings is 1. The predicted octanol–water partition coefficient (Wildman–Crippen LogP) is 3.84. The zero-order valence-corrected chi connectivity index (χ0v) is 18.1. The van der Waals surface area contributed by atoms with E-state index in [-0.39, 0.29) is 41.5 Å². The third kappa shape index (κ3) is 5.05. The molecular formula is C21H19Cl2F2N3O4. The van der Waals surface area contributed by atoms with E-state index in [1.807, 2.05) is 0 Å². The number of carbonyl (C=O) groups is 2. The minimum absolute atomic E-state index is 0.101. The molecule has 1 aromatic heterocycles. The summed E-state index contributed by atoms with van der Waals surface area (Å²) in [5.41, 5.74) is -0.271. The van der Waals surface area contributed by atoms with Gasteiger partial charge in [0.05, 0.1) is 16.2 Å². The molecule has 1 atom stereocenters. The van der Waals surface area contributed by atoms with Gasteiger partial charge in [-0.1, -0.05) is 23.2 Å². The molecule has 2 bridgehead atoms. The highest BCUT2D eigenvalue weighted by atomic mass is 35.5. The number of fused-ring (bicyclic) bond motifs is 1. The summed E-state index contributed by atoms with van der Waals surface area (Å²) in [6, 6.07) is 7.22. The number of nitrogens with zero attached hydrogens (tertiary/aromatic N) is 1. The lowest BCUT2D eigenvalue weighted by Crippen LogP contribution is -2.53. The van der Waals surface area contributed by atoms with E-state index in [1.54, 1.807) is 12.1 Å². The van der Waals surface area contributed by atoms with Crippen molar-refractivity contribution in [1.82, 2.24) is 15.6 Å². The van der Waals surface area contributed by atoms with Crippen LogP contribution >= 0.6 is 23.2 Å². The molecule has 2 N–H and O–H groups in total. The third-order valence-electron chi connectivity index (χ3n) is 5.66. The van der Waals surface area contributed by atoms with Crippen LogP contribution in [0.25, 0.3) is 0 Å². The SMILES string of the molecule is O=C(COc1ccc(Cl)c(Cl)c1)NC12CC(C1)[C@H](NC(=O)c1ccc(OC(F)F)cn1)C2. The Morgan fingerprint density at radius 3 is 2.53 bits per heavy atom. The van der Waals surface area contributed by atoms with E-state index in [0.29, 0.717) is 22.2 Å². The molecule has 3 aliphatic rings. The Morgan fingerprint density at radius 1 is 1.12 bits per heavy atom. The second kappa shape index (κ2) is 9.07. The van der Waals surface area contributed by atoms with Crippen LogP contribution in [-0.4, -0.2) is 41.6 Å². The number of alkyl halides is 2. The van der Waals surface area contributed by atoms with Crippen LogP contribution in [0.4, 0.5) is 8.78 Å². The molecule has 0 saturated heterocycles. The van der Waals surface area contributed by atoms with Crippen LogP contribution in [0.2, 0.25) is 10.0 Å². The summed E-state index contributed by atoms with van der Waals surface area (Å²) in [7, 11) is 0. The van der Waals surface area contributed by atoms with Crippen LogP contribution in [0.15, 0.2) is 36.5 Å². The number of nitrogens with one attached hydrogen (secondary N) is 2. The van der Waals surface area contributed by atoms with Gasteiger partial charge in [0, 0.05) is 17.6 Å². The Bertz CT molecular complexity index is 1020. The molecule has 3 saturated carbocycles. The lowest BCUT2D eigenvalue weighted by molar-refractivity contribution is -0.125. The van der Waals surface area contributed by atoms with Gasteiger partial charge < -0.3 is 20.1 Å². The molecule has 11 heteroatoms. The Kier molecular flexibility index (Phi) is 6.39. The van der Waals surface area contributed by atoms with E-state index in [0.717, 1.165) is 19.0 Å². The van der Waals surface area contributed by atoms with Gasteiger partial charge in [0.15, 0.2) is 6.61 Å². The fourth-order valence-electron chi connectivity index (χ4n) is 4.28. The number of amides is 2. The molecule has 0 spiro atoms. The van der Waals surface area contributed by atoms with Crippen molar-refractivity contribution in [3.8, 4) is 11.5 Å². The van der Waals surface area contributed by atoms with E-state index < -0.39 is 12.5 Å². The van der Waals surface area contributed by atoms with Crippen molar-refractivity contribution in [3.63, 3.8) is 0 Å². The average molecular weight is 486 g/mol. The quantitative estimate of drug-likeness (QED) is 0.592. The second-order valence-corrected chi connectivity index (χ2v) is 8.72. The summed E-state index contributed by atoms with van der Waals surface area (Å²) in [4.78, 5) is 28.7. The van der Waals surface area contributed by atoms with E-state index in [4.69, 9.17) is 27.9 Å². The van der Waals surface area contributed by atoms with Crippen LogP contribution in [-0.2, 0) is 4.79 Å². The second-order valence-electron chi connectivity index (χ2n) is 7.90. The predicted molar refractivity (Wildman–Crippen MR) is 112 cm³/mol. The monoisotopic (exact) mass is 485 g/mol. The highest BCUT2D eigenvalue weighted by Gasteiger charge is 2.57. The molecule has 1 heterocycles. The maximum absolute atomic E-state index is 12.4. The van der Waals surface area contributed by atoms with Crippen LogP contribution in [0.3, 0.4) is 0 Å². The highest BCUT2D eigenvalue weighted by molar-refractivity contribution is 6.42. The number of ether oxygens (including phenoxy) is 2. The normalized spacial score (nSPS) is 23.4. The molecule has 5 rings (SSSR count). The number of hydrogen-bond donors (Lipinski definition) is 2. The minimum Gasteiger partial charge on any atom is -0.484 e. The molecular weight excluding hydrogens is 467 g/mol. The van der Waals surface area contributed by atoms with Gasteiger partial charge in [0.1, 0.15) is 17.2 Å². The fourth-order valence-corrected chi connectivity index (χ4v) is 4.57. The van der Waals surface area contributed by atoms with Gasteiger partial charge in [0.2, 0.25) is 0 Å². The number of hydrogen-bond acceptors (Lipinski definition) is 5. The van der Waals surface area contributed by atoms with Gasteiger partial charge in [-0.2, -0.15) is 8.78 Å². The van der Waals surface area contributed by atoms with Crippen molar-refractivity contribution >= 4 is 35.0 Å². The first-order chi connectivity index (χ1) is 15.2. The number of aromatic nitrogens is 1. The smallest absolute Gasteiger partial charge is 0.387 e. The van der Waals surface area contributed by atoms with Crippen molar-refractivity contribution in [2.24, 2.45) is 5.92 Å². The zero-order valence-electron chi connectivity index (χ0n) is 16.6. The van der Waals surface area contributed by atoms with Gasteiger partial charge >= 0.3 is 6.61 Å². The van der Waals surface area contributed by atoms with Crippen LogP contribution in [0.1, 0.15) is 29.8 Å². The molecule has 0 aliphatic heterocycles. The van der Waals surface area contributed by atoms with Gasteiger partial charge in [-0.3, -0.25) is 9.59 Å². The molecule has 7 nitrogen and oxygen atoms in total. The van der Waals surface area contributed by atoms with Crippen LogP contribution in [0, 0.1) is 5.92 Å². The Morgan fingerprint density at radius 2 is 1.88 bits per heavy atom. The number of halogens is 4. The van der Waals surface area contributed by atoms with E-state index in [2.05, 4.69) is 20.4 Å². The highest BCUT2D eigenvalue weighted by Crippen LogP contribution is 2.52. The molecule has 3 aliphatic carbocycles. The van der Waals surface area contributed by atoms with E-state index >= 15 is 0 Å². The lowest BCUT2D eigenvalue weighted by Gasteiger charge is -2.39. The Balaban J connectivity index is 1.26. The van der Waals surface area contributed by atoms with Gasteiger partial charge in [0.25, 0.3) is 11.8 Å². The summed E-state index contributed by atoms with van der Waals surface area (Å²) in [5, 5.41) is 6.66. The first-order valence-corrected chi connectivity index (χ1v) is 10.6. The van der Waals surface area contributed by atoms with E-state index in [1.165, 1.54) is 18.2 Å². The summed E-state index contributed by atoms with van der Waals surface area (Å²) in [5.74, 6) is -0.109. The largest absolute Gasteiger partial charge is 0.484 e. The average Bonchev–Trinajstić information content (AvgIpc) is 3.22. The number of rotatable bonds is 8. The van der Waals surface area contributed by atoms with Crippen molar-refractivity contribution in [1.29, 1.82) is 0 Å². The first-order valence-electron chi connectivity index (χ1n) is 9.84. The molecule has 0 radical (unpaired) electrons. The van der Waals surface area contributed by atoms with E-state index in [9.17, 15) is 18.4 Å². The van der Waals surface area contributed by atoms with Crippen LogP contribution in [0.5, 0.6) is 11.5 Å². The molecule has 1 aromatic carbocycles. The van der Waals surface area contributed by atoms with Crippen LogP contribution < -0.4 is 20.1 Å². The Labute approximate surface area is 192 Å². The van der Waals surface area contributed by atoms with Gasteiger partial charge in [-0.25, -0.2) is 4.98 Å². The molecule has 2 aromatic rings. The summed E-state index contributed by atoms with van der Waals surface area (Å²) >= 11 is 11.8. The first kappa shape index (κ1) is 22.5. The molecule has 170 valence electrons. The van der Waals surface area contributed by atoms with Gasteiger partial charge in [-0.15, -0.1) is 0 Å². The maximum atomic E-state index is 12.4. The Hall–Kier alpha value is -2.65. The summed E-state index contributed by atoms with van der Waals surface area (Å²) in [6.45, 7) is -3.12. The lowest BCUT2D eigenvalue weighted by atomic mass is 9.76. The summed E-state index contributed by atoms with van der Waals surface area (Å²) in [6.07, 6.45) is 3.18. The number of pyridine rings is 1. The summed E-state index contributed by atoms with van der Waals surface area (Å²) < 4.78 is 34.1. The standard InChI is InChI=1S/C21H19Cl2F2N3O4/c22-14-3-1-12(5-15(14)23)31-10-18(29)28-21-6-11(7-21)17(8-21)27-19(30)16-4-2-13(9-26-16)32-20(24)25/h1-5,9,11,17,20H,6-8,10H2,(H,27,30)(H,28,29)/t11?,17-,21?/m1/s1.